The normalized spacial score (nSPS) is 19.9. The molecule has 0 atom stereocenters. The number of hydrogen-bond donors (Lipinski definition) is 10. The number of rotatable bonds is 22. The van der Waals surface area contributed by atoms with E-state index in [0.717, 1.165) is 129 Å². The molecule has 5 saturated carbocycles. The van der Waals surface area contributed by atoms with Gasteiger partial charge in [0.15, 0.2) is 11.6 Å². The van der Waals surface area contributed by atoms with E-state index < -0.39 is 117 Å². The van der Waals surface area contributed by atoms with Crippen LogP contribution in [0.1, 0.15) is 212 Å². The van der Waals surface area contributed by atoms with Gasteiger partial charge in [0.05, 0.1) is 36.4 Å². The standard InChI is InChI=1S/C10H14F2N2O2.C9H16N2O2.C9H15NO3.C9H15NO2.C9H14O3.C8H14N2O2.C8H13NO2.2C7H11NO3/c1-6(15)8(16)14-9(7(2)13-3)4-10(11,12)5-9;1-7(12)9(13)10-8-3-5-11(2)6-4-8;1-7(11)8(12)10-9(2)3-5-13-6-4-9;1-7(11)8(12)10-9(2)5-3-4-6-9;1-7(11)8(12)5-9(6-10)3-2-4-9;1-7(11)8(12)10-5-3-9(2)4-6-10;1-6(10)8(11)9-7-4-2-3-5-7;1-5(9)6(10)8-7(2)3-11-4-7;1-5(10)6(11)8-7(4-9)2-3-7/h13H,2,4-5H2,1,3H3,(H,14,16);8H,3-6H2,1-2H3,(H,10,13);3-6H2,1-2H3,(H,10,12);3-6H2,1-2H3,(H,10,12);10H,2-6H2,1H3;3-6H2,1-2H3;7H,2-5H2,1H3,(H,9,11);3-4H2,1-2H3,(H,8,10);9H,2-4H2,1H3,(H,8,11). The molecule has 33 nitrogen and oxygen atoms in total. The van der Waals surface area contributed by atoms with E-state index in [1.54, 1.807) is 4.90 Å². The van der Waals surface area contributed by atoms with E-state index in [1.165, 1.54) is 75.3 Å². The first-order valence-corrected chi connectivity index (χ1v) is 37.5. The molecule has 111 heavy (non-hydrogen) atoms. The average Bonchev–Trinajstić information content (AvgIpc) is 1.56. The Bertz CT molecular complexity index is 3230. The third kappa shape index (κ3) is 38.1. The fraction of sp³-hybridized carbons (Fsp3) is 0.737. The van der Waals surface area contributed by atoms with Crippen LogP contribution in [0.15, 0.2) is 12.3 Å². The molecule has 5 aliphatic carbocycles. The quantitative estimate of drug-likeness (QED) is 0.0677. The number of likely N-dealkylation sites (tertiary alicyclic amines) is 1. The molecule has 9 fully saturated rings. The number of piperazine rings is 1. The number of hydrogen-bond acceptors (Lipinski definition) is 25. The molecule has 4 heterocycles. The molecule has 0 radical (unpaired) electrons. The minimum Gasteiger partial charge on any atom is -0.396 e. The second-order valence-electron chi connectivity index (χ2n) is 30.9. The summed E-state index contributed by atoms with van der Waals surface area (Å²) in [6.07, 6.45) is 15.6. The molecule has 0 aromatic carbocycles. The van der Waals surface area contributed by atoms with Gasteiger partial charge in [-0.2, -0.15) is 0 Å². The Kier molecular flexibility index (Phi) is 42.8. The van der Waals surface area contributed by atoms with Gasteiger partial charge in [0.25, 0.3) is 53.2 Å². The van der Waals surface area contributed by atoms with Crippen LogP contribution >= 0.6 is 0 Å². The van der Waals surface area contributed by atoms with Gasteiger partial charge in [-0.05, 0) is 125 Å². The number of Topliss-reactive ketones (excluding diaryl/α,β-unsaturated/α-hetero) is 10. The van der Waals surface area contributed by atoms with Crippen LogP contribution in [-0.2, 0) is 95.8 Å². The number of piperidine rings is 1. The van der Waals surface area contributed by atoms with Gasteiger partial charge in [-0.25, -0.2) is 8.78 Å². The molecule has 0 unspecified atom stereocenters. The van der Waals surface area contributed by atoms with Gasteiger partial charge in [0.1, 0.15) is 0 Å². The van der Waals surface area contributed by atoms with E-state index in [1.807, 2.05) is 27.8 Å². The molecule has 9 rings (SSSR count). The highest BCUT2D eigenvalue weighted by atomic mass is 19.3. The Morgan fingerprint density at radius 1 is 0.423 bits per heavy atom. The number of halogens is 2. The molecule has 8 amide bonds. The first kappa shape index (κ1) is 101. The van der Waals surface area contributed by atoms with Crippen LogP contribution in [0.2, 0.25) is 0 Å². The van der Waals surface area contributed by atoms with Gasteiger partial charge in [-0.15, -0.1) is 0 Å². The van der Waals surface area contributed by atoms with Crippen LogP contribution in [0.5, 0.6) is 0 Å². The van der Waals surface area contributed by atoms with Gasteiger partial charge in [0, 0.05) is 169 Å². The van der Waals surface area contributed by atoms with E-state index in [0.29, 0.717) is 39.5 Å². The first-order valence-electron chi connectivity index (χ1n) is 37.5. The van der Waals surface area contributed by atoms with Crippen LogP contribution in [0.25, 0.3) is 0 Å². The van der Waals surface area contributed by atoms with Crippen molar-refractivity contribution < 1.29 is 115 Å². The third-order valence-corrected chi connectivity index (χ3v) is 20.0. The number of aliphatic hydroxyl groups excluding tert-OH is 2. The number of ether oxygens (including phenoxy) is 2. The van der Waals surface area contributed by atoms with E-state index in [4.69, 9.17) is 19.7 Å². The zero-order valence-corrected chi connectivity index (χ0v) is 67.6. The van der Waals surface area contributed by atoms with Crippen molar-refractivity contribution in [3.05, 3.63) is 12.3 Å². The number of carbonyl (C=O) groups excluding carboxylic acids is 18. The van der Waals surface area contributed by atoms with Gasteiger partial charge in [0.2, 0.25) is 46.3 Å². The fourth-order valence-electron chi connectivity index (χ4n) is 11.9. The Morgan fingerprint density at radius 3 is 1.13 bits per heavy atom. The van der Waals surface area contributed by atoms with Crippen molar-refractivity contribution in [2.45, 2.75) is 257 Å². The van der Waals surface area contributed by atoms with Crippen LogP contribution in [0, 0.1) is 5.41 Å². The molecular weight excluding hydrogens is 1460 g/mol. The van der Waals surface area contributed by atoms with Crippen LogP contribution in [0.3, 0.4) is 0 Å². The SMILES string of the molecule is C=C(NC)C1(NC(=O)C(C)=O)CC(F)(F)C1.CC(=O)C(=O)CC1(CO)CCC1.CC(=O)C(=O)N1CCN(C)CC1.CC(=O)C(=O)NC1(C)CCCC1.CC(=O)C(=O)NC1(C)CCOCC1.CC(=O)C(=O)NC1(C)COC1.CC(=O)C(=O)NC1(CO)CC1.CC(=O)C(=O)NC1CCCC1.CC(=O)C(=O)NC1CCN(C)CC1. The lowest BCUT2D eigenvalue weighted by Crippen LogP contribution is -2.65. The van der Waals surface area contributed by atoms with Crippen LogP contribution in [0.4, 0.5) is 8.78 Å². The van der Waals surface area contributed by atoms with Crippen molar-refractivity contribution in [2.24, 2.45) is 5.41 Å². The molecule has 0 spiro atoms. The Morgan fingerprint density at radius 2 is 0.802 bits per heavy atom. The van der Waals surface area contributed by atoms with Crippen molar-refractivity contribution in [3.8, 4) is 0 Å². The van der Waals surface area contributed by atoms with Gasteiger partial charge < -0.3 is 76.9 Å². The number of nitrogens with one attached hydrogen (secondary N) is 8. The third-order valence-electron chi connectivity index (χ3n) is 20.0. The Labute approximate surface area is 649 Å². The molecular formula is C76H123F2N11O22. The summed E-state index contributed by atoms with van der Waals surface area (Å²) in [4.78, 5) is 201. The zero-order valence-electron chi connectivity index (χ0n) is 67.6. The maximum Gasteiger partial charge on any atom is 0.289 e. The minimum absolute atomic E-state index is 0.0337. The number of ketones is 10. The number of likely N-dealkylation sites (N-methyl/N-ethyl adjacent to an activating group) is 2. The maximum absolute atomic E-state index is 12.9. The molecule has 0 bridgehead atoms. The molecule has 35 heteroatoms. The molecule has 4 aliphatic heterocycles. The smallest absolute Gasteiger partial charge is 0.289 e. The van der Waals surface area contributed by atoms with Gasteiger partial charge >= 0.3 is 0 Å². The summed E-state index contributed by atoms with van der Waals surface area (Å²) < 4.78 is 35.8. The lowest BCUT2D eigenvalue weighted by molar-refractivity contribution is -0.148. The molecule has 628 valence electrons. The summed E-state index contributed by atoms with van der Waals surface area (Å²) >= 11 is 0. The lowest BCUT2D eigenvalue weighted by atomic mass is 9.66. The molecule has 10 N–H and O–H groups in total. The predicted molar refractivity (Wildman–Crippen MR) is 402 cm³/mol. The highest BCUT2D eigenvalue weighted by molar-refractivity contribution is 6.38. The van der Waals surface area contributed by atoms with E-state index in [2.05, 4.69) is 66.0 Å². The van der Waals surface area contributed by atoms with E-state index in [9.17, 15) is 95.1 Å². The predicted octanol–water partition coefficient (Wildman–Crippen LogP) is 1.04. The number of alkyl halides is 2. The van der Waals surface area contributed by atoms with Crippen LogP contribution < -0.4 is 42.5 Å². The van der Waals surface area contributed by atoms with Crippen molar-refractivity contribution in [2.75, 3.05) is 100 Å². The molecule has 0 aromatic rings. The largest absolute Gasteiger partial charge is 0.396 e. The zero-order chi connectivity index (χ0) is 85.1. The second-order valence-corrected chi connectivity index (χ2v) is 30.9. The summed E-state index contributed by atoms with van der Waals surface area (Å²) in [7, 11) is 5.60. The van der Waals surface area contributed by atoms with Crippen molar-refractivity contribution in [1.29, 1.82) is 0 Å². The Hall–Kier alpha value is -8.38. The molecule has 9 aliphatic rings. The average molecular weight is 1580 g/mol. The molecule has 0 aromatic heterocycles. The summed E-state index contributed by atoms with van der Waals surface area (Å²) in [6, 6.07) is 0.444. The number of amides is 8. The fourth-order valence-corrected chi connectivity index (χ4v) is 11.9. The van der Waals surface area contributed by atoms with Crippen molar-refractivity contribution in [3.63, 3.8) is 0 Å². The first-order chi connectivity index (χ1) is 51.4. The van der Waals surface area contributed by atoms with Crippen molar-refractivity contribution in [1.82, 2.24) is 57.2 Å². The van der Waals surface area contributed by atoms with Gasteiger partial charge in [-0.1, -0.05) is 38.7 Å². The van der Waals surface area contributed by atoms with E-state index in [-0.39, 0.29) is 76.9 Å². The lowest BCUT2D eigenvalue weighted by Gasteiger charge is -2.48. The Balaban J connectivity index is 0.000000626. The highest BCUT2D eigenvalue weighted by Gasteiger charge is 2.59. The highest BCUT2D eigenvalue weighted by Crippen LogP contribution is 2.48. The minimum atomic E-state index is -2.82. The van der Waals surface area contributed by atoms with E-state index >= 15 is 0 Å². The second kappa shape index (κ2) is 47.2. The number of carbonyl (C=O) groups is 18. The summed E-state index contributed by atoms with van der Waals surface area (Å²) in [5.74, 6) is -11.4. The number of aliphatic hydroxyl groups is 2. The summed E-state index contributed by atoms with van der Waals surface area (Å²) in [5, 5.41) is 38.7. The summed E-state index contributed by atoms with van der Waals surface area (Å²) in [6.45, 7) is 28.0. The van der Waals surface area contributed by atoms with Crippen LogP contribution in [-0.4, -0.2) is 276 Å². The van der Waals surface area contributed by atoms with Gasteiger partial charge in [-0.3, -0.25) is 86.3 Å². The molecule has 4 saturated heterocycles. The number of nitrogens with zero attached hydrogens (tertiary/aromatic N) is 3. The monoisotopic (exact) mass is 1580 g/mol. The van der Waals surface area contributed by atoms with Crippen molar-refractivity contribution >= 4 is 105 Å². The topological polar surface area (TPSA) is 472 Å². The maximum atomic E-state index is 12.9. The summed E-state index contributed by atoms with van der Waals surface area (Å²) in [5.41, 5.74) is -2.34.